The molecule has 0 saturated carbocycles. The Labute approximate surface area is 69.8 Å². The predicted molar refractivity (Wildman–Crippen MR) is 46.2 cm³/mol. The summed E-state index contributed by atoms with van der Waals surface area (Å²) in [5.74, 6) is 0.844. The number of hydrogen-bond donors (Lipinski definition) is 1. The molecule has 3 nitrogen and oxygen atoms in total. The Morgan fingerprint density at radius 1 is 1.42 bits per heavy atom. The summed E-state index contributed by atoms with van der Waals surface area (Å²) in [7, 11) is 0. The predicted octanol–water partition coefficient (Wildman–Crippen LogP) is 2.17. The van der Waals surface area contributed by atoms with Gasteiger partial charge in [0, 0.05) is 18.0 Å². The number of rotatable bonds is 2. The molecule has 0 saturated heterocycles. The van der Waals surface area contributed by atoms with Crippen molar-refractivity contribution in [3.8, 4) is 0 Å². The third-order valence-corrected chi connectivity index (χ3v) is 1.50. The fourth-order valence-corrected chi connectivity index (χ4v) is 0.914. The first-order valence-corrected chi connectivity index (χ1v) is 3.65. The summed E-state index contributed by atoms with van der Waals surface area (Å²) in [4.78, 5) is 7.01. The summed E-state index contributed by atoms with van der Waals surface area (Å²) in [6, 6.07) is 1.89. The molecule has 2 heterocycles. The summed E-state index contributed by atoms with van der Waals surface area (Å²) >= 11 is 0. The van der Waals surface area contributed by atoms with Crippen molar-refractivity contribution in [3.63, 3.8) is 0 Å². The van der Waals surface area contributed by atoms with Gasteiger partial charge in [-0.25, -0.2) is 4.98 Å². The van der Waals surface area contributed by atoms with E-state index in [0.29, 0.717) is 0 Å². The second kappa shape index (κ2) is 3.09. The van der Waals surface area contributed by atoms with E-state index in [9.17, 15) is 0 Å². The van der Waals surface area contributed by atoms with Gasteiger partial charge in [-0.1, -0.05) is 0 Å². The smallest absolute Gasteiger partial charge is 0.129 e. The lowest BCUT2D eigenvalue weighted by molar-refractivity contribution is 0.567. The van der Waals surface area contributed by atoms with Crippen LogP contribution >= 0.6 is 0 Å². The van der Waals surface area contributed by atoms with Crippen LogP contribution in [0.25, 0.3) is 12.2 Å². The molecule has 0 atom stereocenters. The molecule has 12 heavy (non-hydrogen) atoms. The lowest BCUT2D eigenvalue weighted by Crippen LogP contribution is -1.71. The zero-order valence-electron chi connectivity index (χ0n) is 6.40. The van der Waals surface area contributed by atoms with E-state index in [1.165, 1.54) is 0 Å². The highest BCUT2D eigenvalue weighted by Crippen LogP contribution is 2.04. The second-order valence-corrected chi connectivity index (χ2v) is 2.36. The van der Waals surface area contributed by atoms with Crippen LogP contribution in [-0.4, -0.2) is 9.97 Å². The molecule has 0 unspecified atom stereocenters. The number of imidazole rings is 1. The Balaban J connectivity index is 2.14. The molecule has 0 radical (unpaired) electrons. The fourth-order valence-electron chi connectivity index (χ4n) is 0.914. The zero-order chi connectivity index (χ0) is 8.23. The Kier molecular flexibility index (Phi) is 1.78. The van der Waals surface area contributed by atoms with Crippen LogP contribution < -0.4 is 0 Å². The van der Waals surface area contributed by atoms with Crippen LogP contribution in [-0.2, 0) is 0 Å². The van der Waals surface area contributed by atoms with E-state index < -0.39 is 0 Å². The van der Waals surface area contributed by atoms with Gasteiger partial charge in [0.25, 0.3) is 0 Å². The number of aromatic nitrogens is 2. The minimum Gasteiger partial charge on any atom is -0.472 e. The zero-order valence-corrected chi connectivity index (χ0v) is 6.40. The quantitative estimate of drug-likeness (QED) is 0.731. The van der Waals surface area contributed by atoms with Crippen LogP contribution in [0.4, 0.5) is 0 Å². The number of nitrogens with one attached hydrogen (secondary N) is 1. The van der Waals surface area contributed by atoms with Gasteiger partial charge in [0.2, 0.25) is 0 Å². The summed E-state index contributed by atoms with van der Waals surface area (Å²) < 4.78 is 4.90. The summed E-state index contributed by atoms with van der Waals surface area (Å²) in [5, 5.41) is 0. The number of nitrogens with zero attached hydrogens (tertiary/aromatic N) is 1. The second-order valence-electron chi connectivity index (χ2n) is 2.36. The first-order valence-electron chi connectivity index (χ1n) is 3.65. The van der Waals surface area contributed by atoms with Crippen molar-refractivity contribution in [2.24, 2.45) is 0 Å². The molecule has 0 spiro atoms. The van der Waals surface area contributed by atoms with Crippen LogP contribution in [0.2, 0.25) is 0 Å². The molecule has 0 aromatic carbocycles. The maximum absolute atomic E-state index is 4.90. The SMILES string of the molecule is C(=C\c1ncc[nH]1)/c1ccoc1. The molecule has 1 N–H and O–H groups in total. The molecule has 2 aromatic heterocycles. The van der Waals surface area contributed by atoms with Crippen LogP contribution in [0.1, 0.15) is 11.4 Å². The Morgan fingerprint density at radius 2 is 2.42 bits per heavy atom. The fraction of sp³-hybridized carbons (Fsp3) is 0. The average Bonchev–Trinajstić information content (AvgIpc) is 2.74. The topological polar surface area (TPSA) is 41.8 Å². The first-order chi connectivity index (χ1) is 5.95. The van der Waals surface area contributed by atoms with Crippen LogP contribution in [0.5, 0.6) is 0 Å². The highest BCUT2D eigenvalue weighted by atomic mass is 16.3. The molecule has 2 rings (SSSR count). The summed E-state index contributed by atoms with van der Waals surface area (Å²) in [6.07, 6.45) is 10.7. The Morgan fingerprint density at radius 3 is 3.08 bits per heavy atom. The van der Waals surface area contributed by atoms with E-state index in [4.69, 9.17) is 4.42 Å². The molecule has 3 heteroatoms. The molecular weight excluding hydrogens is 152 g/mol. The number of H-pyrrole nitrogens is 1. The van der Waals surface area contributed by atoms with Crippen molar-refractivity contribution < 1.29 is 4.42 Å². The standard InChI is InChI=1S/C9H8N2O/c1(8-3-6-12-7-8)2-9-10-4-5-11-9/h1-7H,(H,10,11)/b2-1+. The van der Waals surface area contributed by atoms with Gasteiger partial charge in [-0.15, -0.1) is 0 Å². The molecule has 60 valence electrons. The minimum absolute atomic E-state index is 0.844. The van der Waals surface area contributed by atoms with Crippen LogP contribution in [0.15, 0.2) is 35.4 Å². The van der Waals surface area contributed by atoms with Crippen molar-refractivity contribution in [1.29, 1.82) is 0 Å². The normalized spacial score (nSPS) is 11.0. The van der Waals surface area contributed by atoms with Gasteiger partial charge >= 0.3 is 0 Å². The van der Waals surface area contributed by atoms with Gasteiger partial charge in [0.05, 0.1) is 12.5 Å². The molecule has 0 fully saturated rings. The molecule has 2 aromatic rings. The molecule has 0 aliphatic heterocycles. The Hall–Kier alpha value is -1.77. The van der Waals surface area contributed by atoms with Gasteiger partial charge in [0.15, 0.2) is 0 Å². The largest absolute Gasteiger partial charge is 0.472 e. The molecule has 0 bridgehead atoms. The number of aromatic amines is 1. The minimum atomic E-state index is 0.844. The van der Waals surface area contributed by atoms with E-state index in [0.717, 1.165) is 11.4 Å². The maximum Gasteiger partial charge on any atom is 0.129 e. The summed E-state index contributed by atoms with van der Waals surface area (Å²) in [6.45, 7) is 0. The van der Waals surface area contributed by atoms with Gasteiger partial charge < -0.3 is 9.40 Å². The molecule has 0 aliphatic carbocycles. The first kappa shape index (κ1) is 6.91. The lowest BCUT2D eigenvalue weighted by Gasteiger charge is -1.81. The van der Waals surface area contributed by atoms with Gasteiger partial charge in [-0.2, -0.15) is 0 Å². The lowest BCUT2D eigenvalue weighted by atomic mass is 10.3. The maximum atomic E-state index is 4.90. The molecule has 0 amide bonds. The van der Waals surface area contributed by atoms with Gasteiger partial charge in [-0.05, 0) is 18.2 Å². The van der Waals surface area contributed by atoms with Crippen molar-refractivity contribution >= 4 is 12.2 Å². The van der Waals surface area contributed by atoms with E-state index in [-0.39, 0.29) is 0 Å². The van der Waals surface area contributed by atoms with E-state index in [1.807, 2.05) is 18.2 Å². The highest BCUT2D eigenvalue weighted by Gasteiger charge is 1.88. The highest BCUT2D eigenvalue weighted by molar-refractivity contribution is 5.65. The van der Waals surface area contributed by atoms with Gasteiger partial charge in [-0.3, -0.25) is 0 Å². The third kappa shape index (κ3) is 1.45. The summed E-state index contributed by atoms with van der Waals surface area (Å²) in [5.41, 5.74) is 1.03. The third-order valence-electron chi connectivity index (χ3n) is 1.50. The monoisotopic (exact) mass is 160 g/mol. The number of hydrogen-bond acceptors (Lipinski definition) is 2. The van der Waals surface area contributed by atoms with Crippen molar-refractivity contribution in [1.82, 2.24) is 9.97 Å². The van der Waals surface area contributed by atoms with Crippen molar-refractivity contribution in [3.05, 3.63) is 42.4 Å². The Bertz CT molecular complexity index is 310. The average molecular weight is 160 g/mol. The van der Waals surface area contributed by atoms with Crippen LogP contribution in [0, 0.1) is 0 Å². The number of furan rings is 1. The van der Waals surface area contributed by atoms with Crippen molar-refractivity contribution in [2.45, 2.75) is 0 Å². The molecule has 0 aliphatic rings. The van der Waals surface area contributed by atoms with E-state index >= 15 is 0 Å². The van der Waals surface area contributed by atoms with Crippen LogP contribution in [0.3, 0.4) is 0 Å². The van der Waals surface area contributed by atoms with E-state index in [2.05, 4.69) is 9.97 Å². The molecular formula is C9H8N2O. The van der Waals surface area contributed by atoms with E-state index in [1.54, 1.807) is 24.9 Å². The van der Waals surface area contributed by atoms with Crippen molar-refractivity contribution in [2.75, 3.05) is 0 Å². The van der Waals surface area contributed by atoms with Gasteiger partial charge in [0.1, 0.15) is 5.82 Å².